The van der Waals surface area contributed by atoms with Gasteiger partial charge in [-0.25, -0.2) is 0 Å². The molecular weight excluding hydrogens is 612 g/mol. The molecule has 0 aromatic heterocycles. The van der Waals surface area contributed by atoms with Crippen LogP contribution < -0.4 is 5.32 Å². The number of aldehydes is 1. The Morgan fingerprint density at radius 3 is 2.31 bits per heavy atom. The summed E-state index contributed by atoms with van der Waals surface area (Å²) in [5.74, 6) is 1.47. The van der Waals surface area contributed by atoms with Crippen LogP contribution in [0, 0.1) is 50.7 Å². The first-order valence-electron chi connectivity index (χ1n) is 19.7. The highest BCUT2D eigenvalue weighted by molar-refractivity contribution is 6.02. The number of likely N-dealkylation sites (N-methyl/N-ethyl adjacent to an activating group) is 1. The van der Waals surface area contributed by atoms with E-state index in [4.69, 9.17) is 4.74 Å². The van der Waals surface area contributed by atoms with Gasteiger partial charge in [-0.1, -0.05) is 68.7 Å². The van der Waals surface area contributed by atoms with Crippen molar-refractivity contribution in [3.8, 4) is 0 Å². The number of piperidine rings is 1. The van der Waals surface area contributed by atoms with Gasteiger partial charge in [-0.15, -0.1) is 0 Å². The maximum Gasteiger partial charge on any atom is 0.307 e. The summed E-state index contributed by atoms with van der Waals surface area (Å²) >= 11 is 0. The molecule has 1 N–H and O–H groups in total. The minimum Gasteiger partial charge on any atom is -0.462 e. The predicted molar refractivity (Wildman–Crippen MR) is 192 cm³/mol. The van der Waals surface area contributed by atoms with Crippen molar-refractivity contribution >= 4 is 23.9 Å². The van der Waals surface area contributed by atoms with E-state index in [-0.39, 0.29) is 69.7 Å². The van der Waals surface area contributed by atoms with Gasteiger partial charge in [0.05, 0.1) is 18.0 Å². The Balaban J connectivity index is 1.30. The molecule has 6 aliphatic rings. The van der Waals surface area contributed by atoms with Gasteiger partial charge in [-0.05, 0) is 129 Å². The number of allylic oxidation sites excluding steroid dienone is 1. The van der Waals surface area contributed by atoms with Crippen molar-refractivity contribution in [3.63, 3.8) is 0 Å². The smallest absolute Gasteiger partial charge is 0.307 e. The summed E-state index contributed by atoms with van der Waals surface area (Å²) in [5.41, 5.74) is 1.10. The summed E-state index contributed by atoms with van der Waals surface area (Å²) in [4.78, 5) is 54.8. The Hall–Kier alpha value is -2.02. The van der Waals surface area contributed by atoms with Crippen LogP contribution in [0.2, 0.25) is 0 Å². The molecule has 1 aliphatic heterocycles. The number of rotatable bonds is 7. The standard InChI is InChI=1S/C42H66N2O5/c1-26(2)34-29(46)23-42(43-36(48)28-13-11-12-22-44(28)10)21-20-40(8)27(35(34)42)14-15-31-39(7)18-17-32(49-33(47)24-37(3,4)25-45)38(5,6)30(39)16-19-41(31,40)9/h25-28,30-32H,11-24H2,1-10H3,(H,43,48)/t27-,28+,30+,31-,32+,39+,40-,41-,42-/m1/s1. The highest BCUT2D eigenvalue weighted by Crippen LogP contribution is 2.76. The van der Waals surface area contributed by atoms with Crippen LogP contribution in [0.25, 0.3) is 0 Å². The maximum atomic E-state index is 14.0. The van der Waals surface area contributed by atoms with Crippen molar-refractivity contribution in [1.29, 1.82) is 0 Å². The van der Waals surface area contributed by atoms with E-state index in [1.807, 2.05) is 0 Å². The molecule has 7 nitrogen and oxygen atoms in total. The molecule has 0 spiro atoms. The first-order chi connectivity index (χ1) is 22.8. The number of carbonyl (C=O) groups excluding carboxylic acids is 4. The monoisotopic (exact) mass is 678 g/mol. The Morgan fingerprint density at radius 1 is 0.939 bits per heavy atom. The number of likely N-dealkylation sites (tertiary alicyclic amines) is 1. The third-order valence-corrected chi connectivity index (χ3v) is 16.0. The second-order valence-corrected chi connectivity index (χ2v) is 19.9. The Morgan fingerprint density at radius 2 is 1.65 bits per heavy atom. The third-order valence-electron chi connectivity index (χ3n) is 16.0. The molecule has 5 aliphatic carbocycles. The van der Waals surface area contributed by atoms with Gasteiger partial charge in [-0.3, -0.25) is 19.3 Å². The van der Waals surface area contributed by atoms with E-state index < -0.39 is 11.0 Å². The van der Waals surface area contributed by atoms with E-state index in [0.29, 0.717) is 18.3 Å². The van der Waals surface area contributed by atoms with Crippen molar-refractivity contribution < 1.29 is 23.9 Å². The molecule has 0 bridgehead atoms. The van der Waals surface area contributed by atoms with Gasteiger partial charge in [0.2, 0.25) is 5.91 Å². The normalized spacial score (nSPS) is 42.1. The van der Waals surface area contributed by atoms with Crippen molar-refractivity contribution in [3.05, 3.63) is 11.1 Å². The van der Waals surface area contributed by atoms with Gasteiger partial charge < -0.3 is 14.8 Å². The van der Waals surface area contributed by atoms with E-state index in [0.717, 1.165) is 89.0 Å². The van der Waals surface area contributed by atoms with E-state index >= 15 is 0 Å². The quantitative estimate of drug-likeness (QED) is 0.218. The summed E-state index contributed by atoms with van der Waals surface area (Å²) in [6.07, 6.45) is 12.5. The van der Waals surface area contributed by atoms with Crippen molar-refractivity contribution in [2.45, 2.75) is 163 Å². The largest absolute Gasteiger partial charge is 0.462 e. The molecule has 0 aromatic carbocycles. The molecule has 1 saturated heterocycles. The van der Waals surface area contributed by atoms with Crippen LogP contribution in [0.4, 0.5) is 0 Å². The number of Topliss-reactive ketones (excluding diaryl/α,β-unsaturated/α-hetero) is 1. The van der Waals surface area contributed by atoms with E-state index in [1.54, 1.807) is 13.8 Å². The fourth-order valence-electron chi connectivity index (χ4n) is 13.3. The number of ketones is 1. The fourth-order valence-corrected chi connectivity index (χ4v) is 13.3. The molecule has 1 amide bonds. The van der Waals surface area contributed by atoms with Crippen molar-refractivity contribution in [2.24, 2.45) is 50.7 Å². The second kappa shape index (κ2) is 12.3. The molecular formula is C42H66N2O5. The number of hydrogen-bond donors (Lipinski definition) is 1. The lowest BCUT2D eigenvalue weighted by Crippen LogP contribution is -2.67. The second-order valence-electron chi connectivity index (χ2n) is 19.9. The number of ether oxygens (including phenoxy) is 1. The summed E-state index contributed by atoms with van der Waals surface area (Å²) in [5, 5.41) is 3.63. The highest BCUT2D eigenvalue weighted by Gasteiger charge is 2.70. The molecule has 1 heterocycles. The molecule has 5 fully saturated rings. The van der Waals surface area contributed by atoms with Crippen LogP contribution in [0.3, 0.4) is 0 Å². The first-order valence-corrected chi connectivity index (χ1v) is 19.7. The Bertz CT molecular complexity index is 1410. The van der Waals surface area contributed by atoms with Gasteiger partial charge in [0, 0.05) is 17.3 Å². The molecule has 7 heteroatoms. The van der Waals surface area contributed by atoms with Gasteiger partial charge in [0.1, 0.15) is 12.4 Å². The zero-order valence-electron chi connectivity index (χ0n) is 32.4. The molecule has 9 atom stereocenters. The molecule has 0 aromatic rings. The molecule has 4 saturated carbocycles. The summed E-state index contributed by atoms with van der Waals surface area (Å²) in [6, 6.07) is -0.117. The zero-order chi connectivity index (χ0) is 35.9. The number of carbonyl (C=O) groups is 4. The number of hydrogen-bond acceptors (Lipinski definition) is 6. The lowest BCUT2D eigenvalue weighted by atomic mass is 9.33. The Labute approximate surface area is 296 Å². The molecule has 0 unspecified atom stereocenters. The van der Waals surface area contributed by atoms with Crippen molar-refractivity contribution in [2.75, 3.05) is 13.6 Å². The van der Waals surface area contributed by atoms with Crippen LogP contribution in [0.1, 0.15) is 146 Å². The van der Waals surface area contributed by atoms with Crippen LogP contribution in [-0.4, -0.2) is 60.1 Å². The number of nitrogens with zero attached hydrogens (tertiary/aromatic N) is 1. The minimum absolute atomic E-state index is 0.0215. The SMILES string of the molecule is CC(C)C1=C2[C@H]3CC[C@@H]4[C@@]5(C)CC[C@H](OC(=O)CC(C)(C)C=O)C(C)(C)[C@@H]5CC[C@@]4(C)[C@]3(C)CC[C@@]2(NC(=O)[C@@H]2CCCCN2C)CC1=O. The summed E-state index contributed by atoms with van der Waals surface area (Å²) in [7, 11) is 2.07. The van der Waals surface area contributed by atoms with Crippen LogP contribution in [0.5, 0.6) is 0 Å². The third kappa shape index (κ3) is 5.60. The molecule has 0 radical (unpaired) electrons. The molecule has 274 valence electrons. The van der Waals surface area contributed by atoms with E-state index in [2.05, 4.69) is 65.7 Å². The predicted octanol–water partition coefficient (Wildman–Crippen LogP) is 7.85. The number of fused-ring (bicyclic) bond motifs is 7. The zero-order valence-corrected chi connectivity index (χ0v) is 32.4. The van der Waals surface area contributed by atoms with Gasteiger partial charge in [0.25, 0.3) is 0 Å². The lowest BCUT2D eigenvalue weighted by molar-refractivity contribution is -0.232. The average molecular weight is 679 g/mol. The van der Waals surface area contributed by atoms with Crippen LogP contribution >= 0.6 is 0 Å². The minimum atomic E-state index is -0.716. The van der Waals surface area contributed by atoms with Gasteiger partial charge in [-0.2, -0.15) is 0 Å². The average Bonchev–Trinajstić information content (AvgIpc) is 3.30. The summed E-state index contributed by atoms with van der Waals surface area (Å²) < 4.78 is 6.22. The number of esters is 1. The van der Waals surface area contributed by atoms with Gasteiger partial charge in [0.15, 0.2) is 5.78 Å². The van der Waals surface area contributed by atoms with Crippen molar-refractivity contribution in [1.82, 2.24) is 10.2 Å². The topological polar surface area (TPSA) is 92.8 Å². The highest BCUT2D eigenvalue weighted by atomic mass is 16.5. The van der Waals surface area contributed by atoms with Crippen LogP contribution in [0.15, 0.2) is 11.1 Å². The summed E-state index contributed by atoms with van der Waals surface area (Å²) in [6.45, 7) is 21.2. The van der Waals surface area contributed by atoms with Crippen LogP contribution in [-0.2, 0) is 23.9 Å². The maximum absolute atomic E-state index is 14.0. The Kier molecular flexibility index (Phi) is 9.22. The van der Waals surface area contributed by atoms with Gasteiger partial charge >= 0.3 is 5.97 Å². The lowest BCUT2D eigenvalue weighted by Gasteiger charge is -2.72. The number of amides is 1. The fraction of sp³-hybridized carbons (Fsp3) is 0.857. The molecule has 49 heavy (non-hydrogen) atoms. The molecule has 6 rings (SSSR count). The van der Waals surface area contributed by atoms with E-state index in [9.17, 15) is 19.2 Å². The number of nitrogens with one attached hydrogen (secondary N) is 1. The van der Waals surface area contributed by atoms with E-state index in [1.165, 1.54) is 5.57 Å². The first kappa shape index (κ1) is 36.8.